The molecule has 0 bridgehead atoms. The molecule has 35 heavy (non-hydrogen) atoms. The van der Waals surface area contributed by atoms with Gasteiger partial charge in [-0.2, -0.15) is 0 Å². The molecule has 9 heteroatoms. The summed E-state index contributed by atoms with van der Waals surface area (Å²) in [4.78, 5) is 54.9. The Hall–Kier alpha value is -2.38. The summed E-state index contributed by atoms with van der Waals surface area (Å²) in [6.07, 6.45) is 5.22. The summed E-state index contributed by atoms with van der Waals surface area (Å²) in [7, 11) is 0. The van der Waals surface area contributed by atoms with Gasteiger partial charge in [-0.15, -0.1) is 0 Å². The number of carbonyl (C=O) groups is 4. The van der Waals surface area contributed by atoms with Gasteiger partial charge in [-0.1, -0.05) is 48.3 Å². The van der Waals surface area contributed by atoms with Crippen LogP contribution in [0.2, 0.25) is 10.0 Å². The van der Waals surface area contributed by atoms with Crippen LogP contribution in [0.25, 0.3) is 0 Å². The third-order valence-electron chi connectivity index (χ3n) is 6.42. The standard InChI is InChI=1S/C26H33Cl2N3O4/c1-5-21(23(33)29-26(2,3)4)31(15-18-19(27)11-8-12-20(18)28)22(32)13-14-30-24(34)16-9-6-7-10-17(16)25(30)35/h6-8,11-12,16-17,21H,5,9-10,13-15H2,1-4H3,(H,29,33)/t16-,17+,21-/m0/s1. The molecule has 1 aromatic rings. The van der Waals surface area contributed by atoms with E-state index < -0.39 is 11.6 Å². The molecular formula is C26H33Cl2N3O4. The van der Waals surface area contributed by atoms with E-state index in [1.807, 2.05) is 39.8 Å². The van der Waals surface area contributed by atoms with E-state index in [1.54, 1.807) is 18.2 Å². The topological polar surface area (TPSA) is 86.8 Å². The summed E-state index contributed by atoms with van der Waals surface area (Å²) >= 11 is 12.7. The van der Waals surface area contributed by atoms with Gasteiger partial charge in [0.15, 0.2) is 0 Å². The van der Waals surface area contributed by atoms with Crippen molar-refractivity contribution in [1.82, 2.24) is 15.1 Å². The molecule has 0 unspecified atom stereocenters. The van der Waals surface area contributed by atoms with E-state index >= 15 is 0 Å². The van der Waals surface area contributed by atoms with Crippen molar-refractivity contribution >= 4 is 46.8 Å². The van der Waals surface area contributed by atoms with Crippen LogP contribution in [0.15, 0.2) is 30.4 Å². The lowest BCUT2D eigenvalue weighted by Crippen LogP contribution is -2.53. The van der Waals surface area contributed by atoms with Crippen LogP contribution in [0, 0.1) is 11.8 Å². The number of imide groups is 1. The number of benzene rings is 1. The van der Waals surface area contributed by atoms with Crippen molar-refractivity contribution in [3.63, 3.8) is 0 Å². The largest absolute Gasteiger partial charge is 0.350 e. The zero-order valence-corrected chi connectivity index (χ0v) is 22.2. The highest BCUT2D eigenvalue weighted by Gasteiger charge is 2.47. The van der Waals surface area contributed by atoms with Crippen molar-refractivity contribution in [2.24, 2.45) is 11.8 Å². The van der Waals surface area contributed by atoms with Crippen molar-refractivity contribution in [3.05, 3.63) is 46.0 Å². The molecule has 1 saturated heterocycles. The van der Waals surface area contributed by atoms with E-state index in [9.17, 15) is 19.2 Å². The number of fused-ring (bicyclic) bond motifs is 1. The number of nitrogens with one attached hydrogen (secondary N) is 1. The van der Waals surface area contributed by atoms with Crippen LogP contribution in [0.3, 0.4) is 0 Å². The molecule has 1 N–H and O–H groups in total. The molecule has 1 aliphatic heterocycles. The molecule has 0 aromatic heterocycles. The molecule has 7 nitrogen and oxygen atoms in total. The maximum absolute atomic E-state index is 13.5. The van der Waals surface area contributed by atoms with Gasteiger partial charge in [-0.05, 0) is 52.2 Å². The van der Waals surface area contributed by atoms with Gasteiger partial charge in [0, 0.05) is 40.7 Å². The number of likely N-dealkylation sites (tertiary alicyclic amines) is 1. The molecule has 1 fully saturated rings. The number of hydrogen-bond acceptors (Lipinski definition) is 4. The first-order valence-electron chi connectivity index (χ1n) is 12.0. The average molecular weight is 522 g/mol. The molecule has 1 heterocycles. The summed E-state index contributed by atoms with van der Waals surface area (Å²) in [6, 6.07) is 4.30. The maximum Gasteiger partial charge on any atom is 0.243 e. The first-order valence-corrected chi connectivity index (χ1v) is 12.7. The number of nitrogens with zero attached hydrogens (tertiary/aromatic N) is 2. The minimum Gasteiger partial charge on any atom is -0.350 e. The molecule has 1 aliphatic carbocycles. The van der Waals surface area contributed by atoms with Gasteiger partial charge in [-0.25, -0.2) is 0 Å². The Bertz CT molecular complexity index is 988. The van der Waals surface area contributed by atoms with Gasteiger partial charge in [-0.3, -0.25) is 24.1 Å². The minimum absolute atomic E-state index is 0.0203. The Morgan fingerprint density at radius 2 is 1.63 bits per heavy atom. The highest BCUT2D eigenvalue weighted by Crippen LogP contribution is 2.35. The molecular weight excluding hydrogens is 489 g/mol. The van der Waals surface area contributed by atoms with Gasteiger partial charge in [0.25, 0.3) is 0 Å². The van der Waals surface area contributed by atoms with Crippen molar-refractivity contribution in [2.45, 2.75) is 71.5 Å². The van der Waals surface area contributed by atoms with Gasteiger partial charge in [0.2, 0.25) is 23.6 Å². The predicted molar refractivity (Wildman–Crippen MR) is 136 cm³/mol. The maximum atomic E-state index is 13.5. The van der Waals surface area contributed by atoms with Crippen LogP contribution in [-0.4, -0.2) is 51.6 Å². The molecule has 0 spiro atoms. The third kappa shape index (κ3) is 6.25. The summed E-state index contributed by atoms with van der Waals surface area (Å²) in [5.74, 6) is -1.79. The molecule has 3 atom stereocenters. The van der Waals surface area contributed by atoms with Gasteiger partial charge in [0.1, 0.15) is 6.04 Å². The highest BCUT2D eigenvalue weighted by molar-refractivity contribution is 6.36. The lowest BCUT2D eigenvalue weighted by atomic mass is 9.85. The van der Waals surface area contributed by atoms with Crippen molar-refractivity contribution < 1.29 is 19.2 Å². The van der Waals surface area contributed by atoms with Crippen LogP contribution in [-0.2, 0) is 25.7 Å². The Balaban J connectivity index is 1.82. The Kier molecular flexibility index (Phi) is 8.65. The Labute approximate surface area is 216 Å². The van der Waals surface area contributed by atoms with Crippen molar-refractivity contribution in [3.8, 4) is 0 Å². The molecule has 3 rings (SSSR count). The van der Waals surface area contributed by atoms with Gasteiger partial charge in [0.05, 0.1) is 11.8 Å². The number of allylic oxidation sites excluding steroid dienone is 2. The van der Waals surface area contributed by atoms with Crippen LogP contribution in [0.4, 0.5) is 0 Å². The lowest BCUT2D eigenvalue weighted by Gasteiger charge is -2.33. The van der Waals surface area contributed by atoms with E-state index in [0.717, 1.165) is 0 Å². The normalized spacial score (nSPS) is 20.6. The fraction of sp³-hybridized carbons (Fsp3) is 0.538. The molecule has 190 valence electrons. The number of rotatable bonds is 8. The van der Waals surface area contributed by atoms with Gasteiger partial charge >= 0.3 is 0 Å². The van der Waals surface area contributed by atoms with Crippen LogP contribution >= 0.6 is 23.2 Å². The van der Waals surface area contributed by atoms with Crippen LogP contribution < -0.4 is 5.32 Å². The zero-order chi connectivity index (χ0) is 25.9. The fourth-order valence-corrected chi connectivity index (χ4v) is 5.18. The number of hydrogen-bond donors (Lipinski definition) is 1. The molecule has 4 amide bonds. The minimum atomic E-state index is -0.772. The van der Waals surface area contributed by atoms with Crippen molar-refractivity contribution in [2.75, 3.05) is 6.54 Å². The highest BCUT2D eigenvalue weighted by atomic mass is 35.5. The fourth-order valence-electron chi connectivity index (χ4n) is 4.67. The van der Waals surface area contributed by atoms with Crippen LogP contribution in [0.1, 0.15) is 58.9 Å². The second-order valence-electron chi connectivity index (χ2n) is 10.1. The number of carbonyl (C=O) groups excluding carboxylic acids is 4. The zero-order valence-electron chi connectivity index (χ0n) is 20.6. The smallest absolute Gasteiger partial charge is 0.243 e. The number of halogens is 2. The predicted octanol–water partition coefficient (Wildman–Crippen LogP) is 4.36. The average Bonchev–Trinajstić information content (AvgIpc) is 3.02. The first-order chi connectivity index (χ1) is 16.4. The van der Waals surface area contributed by atoms with E-state index in [0.29, 0.717) is 34.9 Å². The second kappa shape index (κ2) is 11.1. The molecule has 0 saturated carbocycles. The molecule has 0 radical (unpaired) electrons. The second-order valence-corrected chi connectivity index (χ2v) is 10.9. The number of amides is 4. The molecule has 1 aromatic carbocycles. The first kappa shape index (κ1) is 27.2. The van der Waals surface area contributed by atoms with E-state index in [4.69, 9.17) is 23.2 Å². The summed E-state index contributed by atoms with van der Waals surface area (Å²) in [5.41, 5.74) is 0.0524. The summed E-state index contributed by atoms with van der Waals surface area (Å²) < 4.78 is 0. The third-order valence-corrected chi connectivity index (χ3v) is 7.13. The molecule has 2 aliphatic rings. The van der Waals surface area contributed by atoms with E-state index in [2.05, 4.69) is 5.32 Å². The van der Waals surface area contributed by atoms with E-state index in [-0.39, 0.29) is 55.0 Å². The SMILES string of the molecule is CC[C@@H](C(=O)NC(C)(C)C)N(Cc1c(Cl)cccc1Cl)C(=O)CCN1C(=O)[C@H]2CC=CC[C@H]2C1=O. The van der Waals surface area contributed by atoms with Crippen LogP contribution in [0.5, 0.6) is 0 Å². The monoisotopic (exact) mass is 521 g/mol. The van der Waals surface area contributed by atoms with Crippen molar-refractivity contribution in [1.29, 1.82) is 0 Å². The van der Waals surface area contributed by atoms with Gasteiger partial charge < -0.3 is 10.2 Å². The quantitative estimate of drug-likeness (QED) is 0.406. The Morgan fingerprint density at radius 3 is 2.11 bits per heavy atom. The summed E-state index contributed by atoms with van der Waals surface area (Å²) in [6.45, 7) is 7.44. The lowest BCUT2D eigenvalue weighted by molar-refractivity contribution is -0.144. The summed E-state index contributed by atoms with van der Waals surface area (Å²) in [5, 5.41) is 3.72. The van der Waals surface area contributed by atoms with E-state index in [1.165, 1.54) is 9.80 Å². The Morgan fingerprint density at radius 1 is 1.09 bits per heavy atom.